The highest BCUT2D eigenvalue weighted by molar-refractivity contribution is 8.16. The summed E-state index contributed by atoms with van der Waals surface area (Å²) in [6.45, 7) is 0.368. The van der Waals surface area contributed by atoms with Crippen molar-refractivity contribution in [2.24, 2.45) is 4.99 Å². The van der Waals surface area contributed by atoms with Gasteiger partial charge < -0.3 is 0 Å². The van der Waals surface area contributed by atoms with E-state index in [9.17, 15) is 13.2 Å². The minimum atomic E-state index is -3.95. The molecule has 0 fully saturated rings. The molecule has 11 heteroatoms. The Morgan fingerprint density at radius 1 is 0.974 bits per heavy atom. The summed E-state index contributed by atoms with van der Waals surface area (Å²) in [6.07, 6.45) is 2.28. The van der Waals surface area contributed by atoms with Crippen molar-refractivity contribution in [2.45, 2.75) is 16.2 Å². The van der Waals surface area contributed by atoms with Gasteiger partial charge in [-0.3, -0.25) is 24.1 Å². The summed E-state index contributed by atoms with van der Waals surface area (Å²) in [5.41, 5.74) is 1.97. The Morgan fingerprint density at radius 3 is 2.54 bits per heavy atom. The van der Waals surface area contributed by atoms with Crippen molar-refractivity contribution in [1.29, 1.82) is 0 Å². The lowest BCUT2D eigenvalue weighted by molar-refractivity contribution is 0.590. The molecule has 194 valence electrons. The van der Waals surface area contributed by atoms with Gasteiger partial charge in [-0.25, -0.2) is 13.4 Å². The predicted molar refractivity (Wildman–Crippen MR) is 154 cm³/mol. The molecular weight excluding hydrogens is 554 g/mol. The zero-order chi connectivity index (χ0) is 27.0. The number of aliphatic imine (C=N–C) groups is 1. The summed E-state index contributed by atoms with van der Waals surface area (Å²) in [7, 11) is -3.95. The largest absolute Gasteiger partial charge is 0.268 e. The number of thioether (sulfide) groups is 1. The fraction of sp³-hybridized carbons (Fsp3) is 0.0714. The molecule has 3 heterocycles. The van der Waals surface area contributed by atoms with Crippen molar-refractivity contribution < 1.29 is 8.42 Å². The first-order valence-corrected chi connectivity index (χ1v) is 14.6. The molecule has 2 aromatic heterocycles. The van der Waals surface area contributed by atoms with Gasteiger partial charge in [0.05, 0.1) is 21.6 Å². The summed E-state index contributed by atoms with van der Waals surface area (Å²) < 4.78 is 30.6. The maximum absolute atomic E-state index is 13.6. The van der Waals surface area contributed by atoms with Crippen molar-refractivity contribution in [2.75, 3.05) is 6.54 Å². The molecule has 1 aliphatic rings. The predicted octanol–water partition coefficient (Wildman–Crippen LogP) is 5.08. The van der Waals surface area contributed by atoms with Crippen LogP contribution in [0.4, 0.5) is 0 Å². The van der Waals surface area contributed by atoms with Gasteiger partial charge in [-0.05, 0) is 48.5 Å². The van der Waals surface area contributed by atoms with Crippen LogP contribution in [-0.2, 0) is 16.4 Å². The molecule has 0 unspecified atom stereocenters. The number of hydrogen-bond donors (Lipinski definition) is 1. The van der Waals surface area contributed by atoms with E-state index in [4.69, 9.17) is 16.6 Å². The van der Waals surface area contributed by atoms with Gasteiger partial charge in [0.15, 0.2) is 5.17 Å². The van der Waals surface area contributed by atoms with Gasteiger partial charge in [0.2, 0.25) is 0 Å². The third-order valence-corrected chi connectivity index (χ3v) is 9.06. The van der Waals surface area contributed by atoms with E-state index >= 15 is 0 Å². The first kappa shape index (κ1) is 25.3. The smallest absolute Gasteiger partial charge is 0.266 e. The van der Waals surface area contributed by atoms with Crippen LogP contribution in [0.1, 0.15) is 5.69 Å². The van der Waals surface area contributed by atoms with Gasteiger partial charge in [-0.15, -0.1) is 0 Å². The fourth-order valence-electron chi connectivity index (χ4n) is 4.30. The first-order chi connectivity index (χ1) is 18.9. The first-order valence-electron chi connectivity index (χ1n) is 12.0. The Morgan fingerprint density at radius 2 is 1.74 bits per heavy atom. The number of benzene rings is 3. The zero-order valence-corrected chi connectivity index (χ0v) is 22.7. The SMILES string of the molecule is O=c1c2ccccc2nc(-c2cc3c(cc2Cl)SC(=NCCc2ccccn2)NS3(=O)=O)n1-c1ccccc1. The van der Waals surface area contributed by atoms with Crippen molar-refractivity contribution in [3.8, 4) is 17.1 Å². The van der Waals surface area contributed by atoms with Crippen molar-refractivity contribution in [3.63, 3.8) is 0 Å². The number of sulfonamides is 1. The number of halogens is 1. The molecule has 6 rings (SSSR count). The second-order valence-electron chi connectivity index (χ2n) is 8.67. The molecule has 39 heavy (non-hydrogen) atoms. The number of nitrogens with zero attached hydrogens (tertiary/aromatic N) is 4. The van der Waals surface area contributed by atoms with Crippen LogP contribution in [-0.4, -0.2) is 34.7 Å². The van der Waals surface area contributed by atoms with E-state index in [0.29, 0.717) is 40.0 Å². The molecule has 0 atom stereocenters. The Labute approximate surface area is 233 Å². The number of aromatic nitrogens is 3. The van der Waals surface area contributed by atoms with Crippen molar-refractivity contribution in [1.82, 2.24) is 19.3 Å². The number of pyridine rings is 1. The van der Waals surface area contributed by atoms with E-state index < -0.39 is 10.0 Å². The molecule has 0 spiro atoms. The Hall–Kier alpha value is -3.99. The summed E-state index contributed by atoms with van der Waals surface area (Å²) >= 11 is 7.94. The molecule has 0 amide bonds. The highest BCUT2D eigenvalue weighted by atomic mass is 35.5. The van der Waals surface area contributed by atoms with E-state index in [1.165, 1.54) is 22.4 Å². The normalized spacial score (nSPS) is 15.2. The Balaban J connectivity index is 1.45. The number of rotatable bonds is 5. The van der Waals surface area contributed by atoms with Gasteiger partial charge in [-0.1, -0.05) is 59.8 Å². The van der Waals surface area contributed by atoms with Crippen LogP contribution in [0.2, 0.25) is 5.02 Å². The molecular formula is C28H20ClN5O3S2. The number of amidine groups is 1. The lowest BCUT2D eigenvalue weighted by Crippen LogP contribution is -2.33. The van der Waals surface area contributed by atoms with E-state index in [1.807, 2.05) is 36.4 Å². The second kappa shape index (κ2) is 10.3. The Bertz CT molecular complexity index is 1910. The van der Waals surface area contributed by atoms with Gasteiger partial charge in [0.25, 0.3) is 15.6 Å². The van der Waals surface area contributed by atoms with Crippen LogP contribution in [0.5, 0.6) is 0 Å². The molecule has 3 aromatic carbocycles. The van der Waals surface area contributed by atoms with Crippen LogP contribution in [0.15, 0.2) is 111 Å². The standard InChI is InChI=1S/C28H20ClN5O3S2/c29-22-17-24-25(39(36,37)33-28(38-24)31-15-13-18-8-6-7-14-30-18)16-21(22)26-32-23-12-5-4-11-20(23)27(35)34(26)19-9-2-1-3-10-19/h1-12,14,16-17H,13,15H2,(H,31,33). The average Bonchev–Trinajstić information content (AvgIpc) is 2.93. The van der Waals surface area contributed by atoms with Crippen LogP contribution in [0.3, 0.4) is 0 Å². The molecule has 0 aliphatic carbocycles. The van der Waals surface area contributed by atoms with Gasteiger partial charge in [0.1, 0.15) is 10.7 Å². The molecule has 8 nitrogen and oxygen atoms in total. The van der Waals surface area contributed by atoms with E-state index in [-0.39, 0.29) is 26.5 Å². The van der Waals surface area contributed by atoms with E-state index in [2.05, 4.69) is 14.7 Å². The maximum atomic E-state index is 13.6. The highest BCUT2D eigenvalue weighted by Gasteiger charge is 2.30. The van der Waals surface area contributed by atoms with Gasteiger partial charge in [-0.2, -0.15) is 0 Å². The minimum Gasteiger partial charge on any atom is -0.268 e. The van der Waals surface area contributed by atoms with Crippen LogP contribution in [0.25, 0.3) is 28.0 Å². The second-order valence-corrected chi connectivity index (χ2v) is 11.8. The highest BCUT2D eigenvalue weighted by Crippen LogP contribution is 2.39. The number of nitrogens with one attached hydrogen (secondary N) is 1. The van der Waals surface area contributed by atoms with Crippen LogP contribution >= 0.6 is 23.4 Å². The van der Waals surface area contributed by atoms with Gasteiger partial charge in [0, 0.05) is 35.3 Å². The number of hydrogen-bond acceptors (Lipinski definition) is 7. The minimum absolute atomic E-state index is 0.0394. The summed E-state index contributed by atoms with van der Waals surface area (Å²) in [5.74, 6) is 0.243. The molecule has 0 bridgehead atoms. The van der Waals surface area contributed by atoms with Crippen molar-refractivity contribution in [3.05, 3.63) is 112 Å². The molecule has 5 aromatic rings. The molecule has 1 N–H and O–H groups in total. The van der Waals surface area contributed by atoms with Gasteiger partial charge >= 0.3 is 0 Å². The van der Waals surface area contributed by atoms with Crippen LogP contribution in [0, 0.1) is 0 Å². The summed E-state index contributed by atoms with van der Waals surface area (Å²) in [5, 5.41) is 0.959. The average molecular weight is 574 g/mol. The molecule has 0 saturated carbocycles. The van der Waals surface area contributed by atoms with E-state index in [1.54, 1.807) is 48.7 Å². The lowest BCUT2D eigenvalue weighted by atomic mass is 10.1. The quantitative estimate of drug-likeness (QED) is 0.314. The monoisotopic (exact) mass is 573 g/mol. The lowest BCUT2D eigenvalue weighted by Gasteiger charge is -2.21. The maximum Gasteiger partial charge on any atom is 0.266 e. The molecule has 0 saturated heterocycles. The number of fused-ring (bicyclic) bond motifs is 2. The third kappa shape index (κ3) is 4.94. The summed E-state index contributed by atoms with van der Waals surface area (Å²) in [6, 6.07) is 24.7. The third-order valence-electron chi connectivity index (χ3n) is 6.13. The van der Waals surface area contributed by atoms with E-state index in [0.717, 1.165) is 5.69 Å². The number of para-hydroxylation sites is 2. The van der Waals surface area contributed by atoms with Crippen LogP contribution < -0.4 is 10.3 Å². The molecule has 0 radical (unpaired) electrons. The fourth-order valence-corrected chi connectivity index (χ4v) is 7.27. The molecule has 1 aliphatic heterocycles. The zero-order valence-electron chi connectivity index (χ0n) is 20.3. The van der Waals surface area contributed by atoms with Crippen molar-refractivity contribution >= 4 is 49.5 Å². The summed E-state index contributed by atoms with van der Waals surface area (Å²) in [4.78, 5) is 27.5. The topological polar surface area (TPSA) is 106 Å². The Kier molecular flexibility index (Phi) is 6.68.